The summed E-state index contributed by atoms with van der Waals surface area (Å²) < 4.78 is 23.0. The molecule has 8 heteroatoms. The van der Waals surface area contributed by atoms with Crippen LogP contribution in [0.2, 0.25) is 10.0 Å². The lowest BCUT2D eigenvalue weighted by Gasteiger charge is -2.25. The molecule has 1 aliphatic rings. The first-order valence-electron chi connectivity index (χ1n) is 6.42. The van der Waals surface area contributed by atoms with Gasteiger partial charge < -0.3 is 4.90 Å². The van der Waals surface area contributed by atoms with Crippen molar-refractivity contribution in [3.8, 4) is 0 Å². The second-order valence-electron chi connectivity index (χ2n) is 5.05. The highest BCUT2D eigenvalue weighted by atomic mass is 35.7. The molecule has 1 fully saturated rings. The molecule has 0 heterocycles. The van der Waals surface area contributed by atoms with Crippen LogP contribution in [0.5, 0.6) is 0 Å². The average Bonchev–Trinajstić information content (AvgIpc) is 2.89. The van der Waals surface area contributed by atoms with Crippen molar-refractivity contribution in [3.05, 3.63) is 27.7 Å². The van der Waals surface area contributed by atoms with Crippen LogP contribution in [0.4, 0.5) is 0 Å². The average molecular weight is 371 g/mol. The van der Waals surface area contributed by atoms with Gasteiger partial charge in [0.05, 0.1) is 15.6 Å². The van der Waals surface area contributed by atoms with Crippen LogP contribution in [-0.4, -0.2) is 32.3 Å². The maximum absolute atomic E-state index is 12.5. The van der Waals surface area contributed by atoms with Gasteiger partial charge in [-0.05, 0) is 25.0 Å². The van der Waals surface area contributed by atoms with Gasteiger partial charge in [-0.2, -0.15) is 0 Å². The molecular formula is C13H14Cl3NO3S. The van der Waals surface area contributed by atoms with Crippen molar-refractivity contribution in [2.45, 2.75) is 36.6 Å². The number of rotatable bonds is 3. The van der Waals surface area contributed by atoms with Crippen LogP contribution in [0.3, 0.4) is 0 Å². The van der Waals surface area contributed by atoms with E-state index in [0.717, 1.165) is 31.7 Å². The Morgan fingerprint density at radius 2 is 1.76 bits per heavy atom. The molecule has 21 heavy (non-hydrogen) atoms. The van der Waals surface area contributed by atoms with Crippen LogP contribution in [0.25, 0.3) is 0 Å². The van der Waals surface area contributed by atoms with E-state index in [-0.39, 0.29) is 32.5 Å². The van der Waals surface area contributed by atoms with E-state index in [2.05, 4.69) is 0 Å². The summed E-state index contributed by atoms with van der Waals surface area (Å²) >= 11 is 11.9. The minimum atomic E-state index is -4.04. The molecule has 0 bridgehead atoms. The third-order valence-corrected chi connectivity index (χ3v) is 5.81. The highest BCUT2D eigenvalue weighted by Gasteiger charge is 2.27. The Bertz CT molecular complexity index is 669. The van der Waals surface area contributed by atoms with Crippen molar-refractivity contribution in [1.29, 1.82) is 0 Å². The number of benzene rings is 1. The summed E-state index contributed by atoms with van der Waals surface area (Å²) in [7, 11) is 2.97. The fourth-order valence-electron chi connectivity index (χ4n) is 2.53. The molecule has 1 aromatic carbocycles. The fraction of sp³-hybridized carbons (Fsp3) is 0.462. The summed E-state index contributed by atoms with van der Waals surface area (Å²) in [6.45, 7) is 0. The molecule has 1 amide bonds. The molecule has 1 aromatic rings. The van der Waals surface area contributed by atoms with Gasteiger partial charge in [-0.15, -0.1) is 0 Å². The minimum absolute atomic E-state index is 0.0923. The van der Waals surface area contributed by atoms with E-state index < -0.39 is 9.05 Å². The van der Waals surface area contributed by atoms with Gasteiger partial charge in [-0.1, -0.05) is 36.0 Å². The number of hydrogen-bond acceptors (Lipinski definition) is 3. The largest absolute Gasteiger partial charge is 0.339 e. The number of nitrogens with zero attached hydrogens (tertiary/aromatic N) is 1. The predicted molar refractivity (Wildman–Crippen MR) is 83.9 cm³/mol. The first kappa shape index (κ1) is 16.9. The van der Waals surface area contributed by atoms with Gasteiger partial charge in [-0.25, -0.2) is 8.42 Å². The van der Waals surface area contributed by atoms with E-state index in [9.17, 15) is 13.2 Å². The molecule has 0 atom stereocenters. The van der Waals surface area contributed by atoms with E-state index in [0.29, 0.717) is 0 Å². The molecule has 0 aromatic heterocycles. The van der Waals surface area contributed by atoms with E-state index in [1.165, 1.54) is 6.07 Å². The molecule has 4 nitrogen and oxygen atoms in total. The fourth-order valence-corrected chi connectivity index (χ4v) is 4.35. The first-order valence-corrected chi connectivity index (χ1v) is 9.49. The third kappa shape index (κ3) is 3.65. The molecule has 0 radical (unpaired) electrons. The van der Waals surface area contributed by atoms with Crippen molar-refractivity contribution in [1.82, 2.24) is 4.90 Å². The smallest absolute Gasteiger partial charge is 0.262 e. The first-order chi connectivity index (χ1) is 9.71. The van der Waals surface area contributed by atoms with Crippen molar-refractivity contribution in [3.63, 3.8) is 0 Å². The highest BCUT2D eigenvalue weighted by molar-refractivity contribution is 8.13. The zero-order valence-electron chi connectivity index (χ0n) is 11.3. The van der Waals surface area contributed by atoms with Crippen molar-refractivity contribution < 1.29 is 13.2 Å². The van der Waals surface area contributed by atoms with Gasteiger partial charge in [0.15, 0.2) is 0 Å². The van der Waals surface area contributed by atoms with Crippen LogP contribution in [0.1, 0.15) is 36.0 Å². The number of amides is 1. The molecule has 1 aliphatic carbocycles. The molecule has 2 rings (SSSR count). The van der Waals surface area contributed by atoms with E-state index in [1.807, 2.05) is 0 Å². The van der Waals surface area contributed by atoms with Gasteiger partial charge in [0.1, 0.15) is 4.90 Å². The van der Waals surface area contributed by atoms with Gasteiger partial charge >= 0.3 is 0 Å². The van der Waals surface area contributed by atoms with Gasteiger partial charge in [-0.3, -0.25) is 4.79 Å². The zero-order chi connectivity index (χ0) is 15.8. The second-order valence-corrected chi connectivity index (χ2v) is 8.40. The minimum Gasteiger partial charge on any atom is -0.339 e. The van der Waals surface area contributed by atoms with Crippen LogP contribution in [0, 0.1) is 0 Å². The molecule has 1 saturated carbocycles. The lowest BCUT2D eigenvalue weighted by atomic mass is 10.1. The number of carbonyl (C=O) groups excluding carboxylic acids is 1. The van der Waals surface area contributed by atoms with Crippen LogP contribution >= 0.6 is 33.9 Å². The second kappa shape index (κ2) is 6.32. The van der Waals surface area contributed by atoms with Gasteiger partial charge in [0.25, 0.3) is 15.0 Å². The summed E-state index contributed by atoms with van der Waals surface area (Å²) in [5.74, 6) is -0.329. The van der Waals surface area contributed by atoms with Crippen molar-refractivity contribution >= 4 is 48.8 Å². The highest BCUT2D eigenvalue weighted by Crippen LogP contribution is 2.32. The Morgan fingerprint density at radius 1 is 1.19 bits per heavy atom. The number of carbonyl (C=O) groups is 1. The Morgan fingerprint density at radius 3 is 2.29 bits per heavy atom. The number of hydrogen-bond donors (Lipinski definition) is 0. The zero-order valence-corrected chi connectivity index (χ0v) is 14.4. The summed E-state index contributed by atoms with van der Waals surface area (Å²) in [5, 5.41) is 0.00832. The van der Waals surface area contributed by atoms with E-state index >= 15 is 0 Å². The Balaban J connectivity index is 2.41. The summed E-state index contributed by atoms with van der Waals surface area (Å²) in [5.41, 5.74) is 0.0923. The molecule has 0 spiro atoms. The topological polar surface area (TPSA) is 54.5 Å². The van der Waals surface area contributed by atoms with Gasteiger partial charge in [0, 0.05) is 23.8 Å². The molecule has 0 unspecified atom stereocenters. The van der Waals surface area contributed by atoms with Crippen LogP contribution in [0.15, 0.2) is 17.0 Å². The van der Waals surface area contributed by atoms with E-state index in [4.69, 9.17) is 33.9 Å². The summed E-state index contributed by atoms with van der Waals surface area (Å²) in [6.07, 6.45) is 4.04. The lowest BCUT2D eigenvalue weighted by Crippen LogP contribution is -2.35. The summed E-state index contributed by atoms with van der Waals surface area (Å²) in [6, 6.07) is 2.52. The molecule has 0 aliphatic heterocycles. The normalized spacial score (nSPS) is 16.2. The Hall–Kier alpha value is -0.490. The number of halogens is 3. The van der Waals surface area contributed by atoms with Gasteiger partial charge in [0.2, 0.25) is 0 Å². The monoisotopic (exact) mass is 369 g/mol. The predicted octanol–water partition coefficient (Wildman–Crippen LogP) is 3.94. The van der Waals surface area contributed by atoms with Crippen molar-refractivity contribution in [2.75, 3.05) is 7.05 Å². The molecule has 0 saturated heterocycles. The quantitative estimate of drug-likeness (QED) is 0.757. The van der Waals surface area contributed by atoms with Crippen LogP contribution < -0.4 is 0 Å². The Labute approximate surface area is 138 Å². The van der Waals surface area contributed by atoms with Crippen molar-refractivity contribution in [2.24, 2.45) is 0 Å². The van der Waals surface area contributed by atoms with E-state index in [1.54, 1.807) is 11.9 Å². The molecule has 0 N–H and O–H groups in total. The third-order valence-electron chi connectivity index (χ3n) is 3.71. The maximum Gasteiger partial charge on any atom is 0.262 e. The van der Waals surface area contributed by atoms with Crippen LogP contribution in [-0.2, 0) is 9.05 Å². The SMILES string of the molecule is CN(C(=O)c1cc(S(=O)(=O)Cl)c(Cl)cc1Cl)C1CCCC1. The summed E-state index contributed by atoms with van der Waals surface area (Å²) in [4.78, 5) is 13.8. The molecule has 116 valence electrons. The Kier molecular flexibility index (Phi) is 5.08. The standard InChI is InChI=1S/C13H14Cl3NO3S/c1-17(8-4-2-3-5-8)13(18)9-6-12(21(16,19)20)11(15)7-10(9)14/h6-8H,2-5H2,1H3. The lowest BCUT2D eigenvalue weighted by molar-refractivity contribution is 0.0735. The maximum atomic E-state index is 12.5. The molecular weight excluding hydrogens is 357 g/mol.